The van der Waals surface area contributed by atoms with Gasteiger partial charge in [0.05, 0.1) is 6.10 Å². The number of hydrogen-bond acceptors (Lipinski definition) is 4. The molecule has 0 aromatic carbocycles. The van der Waals surface area contributed by atoms with Crippen molar-refractivity contribution in [2.75, 3.05) is 13.2 Å². The highest BCUT2D eigenvalue weighted by atomic mass is 28.2. The molecule has 4 nitrogen and oxygen atoms in total. The molecule has 0 saturated heterocycles. The van der Waals surface area contributed by atoms with Crippen LogP contribution in [0.1, 0.15) is 26.7 Å². The Balaban J connectivity index is 3.53. The zero-order valence-corrected chi connectivity index (χ0v) is 9.32. The van der Waals surface area contributed by atoms with Crippen molar-refractivity contribution in [1.82, 2.24) is 0 Å². The fourth-order valence-electron chi connectivity index (χ4n) is 0.943. The van der Waals surface area contributed by atoms with Crippen LogP contribution in [0.25, 0.3) is 0 Å². The van der Waals surface area contributed by atoms with Crippen molar-refractivity contribution < 1.29 is 14.3 Å². The van der Waals surface area contributed by atoms with Crippen molar-refractivity contribution in [3.63, 3.8) is 0 Å². The molecule has 2 radical (unpaired) electrons. The van der Waals surface area contributed by atoms with Gasteiger partial charge in [-0.3, -0.25) is 0 Å². The van der Waals surface area contributed by atoms with E-state index < -0.39 is 5.91 Å². The Morgan fingerprint density at radius 3 is 2.69 bits per heavy atom. The van der Waals surface area contributed by atoms with Gasteiger partial charge < -0.3 is 20.0 Å². The maximum Gasteiger partial charge on any atom is 0.295 e. The SMILES string of the molecule is CCOC(OC(C)CCCN)[Si]O. The number of ether oxygens (including phenoxy) is 2. The number of nitrogens with two attached hydrogens (primary N) is 1. The summed E-state index contributed by atoms with van der Waals surface area (Å²) in [7, 11) is -0.322. The fraction of sp³-hybridized carbons (Fsp3) is 1.00. The third kappa shape index (κ3) is 7.15. The van der Waals surface area contributed by atoms with Gasteiger partial charge in [-0.25, -0.2) is 0 Å². The maximum atomic E-state index is 8.88. The van der Waals surface area contributed by atoms with E-state index in [-0.39, 0.29) is 15.9 Å². The topological polar surface area (TPSA) is 64.7 Å². The van der Waals surface area contributed by atoms with Gasteiger partial charge in [0.15, 0.2) is 5.91 Å². The second-order valence-corrected chi connectivity index (χ2v) is 3.52. The van der Waals surface area contributed by atoms with Gasteiger partial charge in [0.1, 0.15) is 0 Å². The largest absolute Gasteiger partial charge is 0.428 e. The lowest BCUT2D eigenvalue weighted by Gasteiger charge is -2.19. The van der Waals surface area contributed by atoms with Crippen LogP contribution in [-0.2, 0) is 9.47 Å². The smallest absolute Gasteiger partial charge is 0.295 e. The molecule has 0 aliphatic carbocycles. The molecule has 2 atom stereocenters. The molecule has 13 heavy (non-hydrogen) atoms. The van der Waals surface area contributed by atoms with Gasteiger partial charge in [0.2, 0.25) is 0 Å². The third-order valence-corrected chi connectivity index (χ3v) is 2.11. The summed E-state index contributed by atoms with van der Waals surface area (Å²) >= 11 is 0. The second kappa shape index (κ2) is 8.65. The van der Waals surface area contributed by atoms with Gasteiger partial charge in [0, 0.05) is 6.61 Å². The van der Waals surface area contributed by atoms with E-state index in [1.54, 1.807) is 0 Å². The molecule has 0 saturated carbocycles. The van der Waals surface area contributed by atoms with Crippen LogP contribution in [0.4, 0.5) is 0 Å². The van der Waals surface area contributed by atoms with E-state index in [1.165, 1.54) is 0 Å². The Labute approximate surface area is 82.4 Å². The molecule has 0 bridgehead atoms. The molecule has 0 aromatic heterocycles. The van der Waals surface area contributed by atoms with Gasteiger partial charge in [0.25, 0.3) is 9.76 Å². The van der Waals surface area contributed by atoms with Crippen LogP contribution in [0.2, 0.25) is 0 Å². The van der Waals surface area contributed by atoms with Crippen molar-refractivity contribution >= 4 is 9.76 Å². The van der Waals surface area contributed by atoms with Gasteiger partial charge >= 0.3 is 0 Å². The molecule has 0 spiro atoms. The maximum absolute atomic E-state index is 8.88. The molecule has 0 heterocycles. The summed E-state index contributed by atoms with van der Waals surface area (Å²) in [6, 6.07) is 0. The zero-order chi connectivity index (χ0) is 10.1. The normalized spacial score (nSPS) is 15.7. The van der Waals surface area contributed by atoms with Crippen LogP contribution in [-0.4, -0.2) is 39.7 Å². The minimum Gasteiger partial charge on any atom is -0.428 e. The first-order chi connectivity index (χ1) is 6.24. The van der Waals surface area contributed by atoms with E-state index in [1.807, 2.05) is 13.8 Å². The van der Waals surface area contributed by atoms with Crippen molar-refractivity contribution in [2.24, 2.45) is 5.73 Å². The Bertz CT molecular complexity index is 116. The average Bonchev–Trinajstić information content (AvgIpc) is 2.14. The van der Waals surface area contributed by atoms with Gasteiger partial charge in [-0.15, -0.1) is 0 Å². The number of hydrogen-bond donors (Lipinski definition) is 2. The molecule has 0 rings (SSSR count). The lowest BCUT2D eigenvalue weighted by Crippen LogP contribution is -2.29. The standard InChI is InChI=1S/C8H19NO3Si/c1-3-11-8(13-10)12-7(2)5-4-6-9/h7-8,10H,3-6,9H2,1-2H3. The second-order valence-electron chi connectivity index (χ2n) is 2.79. The first kappa shape index (κ1) is 13.1. The van der Waals surface area contributed by atoms with E-state index in [2.05, 4.69) is 0 Å². The molecule has 3 N–H and O–H groups in total. The summed E-state index contributed by atoms with van der Waals surface area (Å²) in [6.07, 6.45) is 1.94. The van der Waals surface area contributed by atoms with E-state index in [9.17, 15) is 0 Å². The lowest BCUT2D eigenvalue weighted by molar-refractivity contribution is -0.122. The van der Waals surface area contributed by atoms with Crippen LogP contribution in [0.5, 0.6) is 0 Å². The monoisotopic (exact) mass is 205 g/mol. The van der Waals surface area contributed by atoms with Crippen LogP contribution in [0.15, 0.2) is 0 Å². The lowest BCUT2D eigenvalue weighted by atomic mass is 10.2. The van der Waals surface area contributed by atoms with Crippen molar-refractivity contribution in [1.29, 1.82) is 0 Å². The summed E-state index contributed by atoms with van der Waals surface area (Å²) < 4.78 is 10.6. The number of rotatable bonds is 8. The molecule has 0 amide bonds. The van der Waals surface area contributed by atoms with E-state index in [0.717, 1.165) is 12.8 Å². The first-order valence-corrected chi connectivity index (χ1v) is 5.63. The minimum atomic E-state index is -0.460. The summed E-state index contributed by atoms with van der Waals surface area (Å²) in [5.41, 5.74) is 5.36. The molecule has 5 heteroatoms. The van der Waals surface area contributed by atoms with Crippen LogP contribution in [0, 0.1) is 0 Å². The molecule has 2 unspecified atom stereocenters. The van der Waals surface area contributed by atoms with E-state index >= 15 is 0 Å². The van der Waals surface area contributed by atoms with Crippen molar-refractivity contribution in [3.8, 4) is 0 Å². The predicted molar refractivity (Wildman–Crippen MR) is 52.2 cm³/mol. The van der Waals surface area contributed by atoms with Crippen molar-refractivity contribution in [3.05, 3.63) is 0 Å². The van der Waals surface area contributed by atoms with Crippen molar-refractivity contribution in [2.45, 2.75) is 38.7 Å². The van der Waals surface area contributed by atoms with Crippen LogP contribution in [0.3, 0.4) is 0 Å². The quantitative estimate of drug-likeness (QED) is 0.434. The highest BCUT2D eigenvalue weighted by Gasteiger charge is 2.13. The summed E-state index contributed by atoms with van der Waals surface area (Å²) in [4.78, 5) is 8.88. The molecule has 0 aliphatic rings. The summed E-state index contributed by atoms with van der Waals surface area (Å²) in [6.45, 7) is 5.07. The first-order valence-electron chi connectivity index (χ1n) is 4.61. The molecular formula is C8H19NO3Si. The average molecular weight is 205 g/mol. The Kier molecular flexibility index (Phi) is 8.68. The van der Waals surface area contributed by atoms with E-state index in [0.29, 0.717) is 13.2 Å². The molecule has 0 aromatic rings. The molecule has 0 fully saturated rings. The van der Waals surface area contributed by atoms with Crippen LogP contribution >= 0.6 is 0 Å². The zero-order valence-electron chi connectivity index (χ0n) is 8.32. The Morgan fingerprint density at radius 2 is 2.23 bits per heavy atom. The molecule has 78 valence electrons. The van der Waals surface area contributed by atoms with E-state index in [4.69, 9.17) is 20.0 Å². The van der Waals surface area contributed by atoms with Gasteiger partial charge in [-0.05, 0) is 33.2 Å². The highest BCUT2D eigenvalue weighted by Crippen LogP contribution is 2.04. The minimum absolute atomic E-state index is 0.0970. The predicted octanol–water partition coefficient (Wildman–Crippen LogP) is 0.0620. The summed E-state index contributed by atoms with van der Waals surface area (Å²) in [5.74, 6) is -0.460. The van der Waals surface area contributed by atoms with Gasteiger partial charge in [-0.1, -0.05) is 0 Å². The highest BCUT2D eigenvalue weighted by molar-refractivity contribution is 6.26. The van der Waals surface area contributed by atoms with Gasteiger partial charge in [-0.2, -0.15) is 0 Å². The third-order valence-electron chi connectivity index (χ3n) is 1.59. The fourth-order valence-corrected chi connectivity index (χ4v) is 1.48. The Morgan fingerprint density at radius 1 is 1.54 bits per heavy atom. The Hall–Kier alpha value is 0.0569. The molecular weight excluding hydrogens is 186 g/mol. The molecule has 0 aliphatic heterocycles. The summed E-state index contributed by atoms with van der Waals surface area (Å²) in [5, 5.41) is 0. The van der Waals surface area contributed by atoms with Crippen LogP contribution < -0.4 is 5.73 Å².